The minimum absolute atomic E-state index is 0.177. The summed E-state index contributed by atoms with van der Waals surface area (Å²) in [6, 6.07) is 2.83. The van der Waals surface area contributed by atoms with Crippen LogP contribution in [0.2, 0.25) is 0 Å². The Morgan fingerprint density at radius 2 is 1.82 bits per heavy atom. The number of aryl methyl sites for hydroxylation is 2. The molecule has 1 atom stereocenters. The number of halogens is 2. The highest BCUT2D eigenvalue weighted by Gasteiger charge is 2.18. The highest BCUT2D eigenvalue weighted by atomic mass is 19.3. The summed E-state index contributed by atoms with van der Waals surface area (Å²) >= 11 is 0. The average molecular weight is 315 g/mol. The Labute approximate surface area is 129 Å². The Bertz CT molecular complexity index is 495. The van der Waals surface area contributed by atoms with Gasteiger partial charge in [0.2, 0.25) is 0 Å². The third-order valence-electron chi connectivity index (χ3n) is 3.28. The molecule has 1 unspecified atom stereocenters. The van der Waals surface area contributed by atoms with Crippen LogP contribution in [-0.2, 0) is 11.3 Å². The fourth-order valence-corrected chi connectivity index (χ4v) is 2.40. The second kappa shape index (κ2) is 8.08. The zero-order chi connectivity index (χ0) is 16.9. The first kappa shape index (κ1) is 18.4. The van der Waals surface area contributed by atoms with E-state index in [9.17, 15) is 18.7 Å². The lowest BCUT2D eigenvalue weighted by Gasteiger charge is -2.18. The van der Waals surface area contributed by atoms with Gasteiger partial charge in [0, 0.05) is 6.54 Å². The zero-order valence-electron chi connectivity index (χ0n) is 13.3. The summed E-state index contributed by atoms with van der Waals surface area (Å²) in [7, 11) is 0. The van der Waals surface area contributed by atoms with Gasteiger partial charge in [0.05, 0.1) is 0 Å². The Morgan fingerprint density at radius 3 is 2.23 bits per heavy atom. The van der Waals surface area contributed by atoms with Crippen molar-refractivity contribution in [1.29, 1.82) is 0 Å². The minimum atomic E-state index is -2.86. The molecule has 0 aromatic heterocycles. The van der Waals surface area contributed by atoms with Gasteiger partial charge in [-0.15, -0.1) is 0 Å². The van der Waals surface area contributed by atoms with E-state index in [1.54, 1.807) is 26.0 Å². The van der Waals surface area contributed by atoms with Crippen LogP contribution < -0.4 is 10.1 Å². The molecule has 0 aliphatic carbocycles. The second-order valence-corrected chi connectivity index (χ2v) is 5.84. The van der Waals surface area contributed by atoms with Gasteiger partial charge in [-0.3, -0.25) is 4.79 Å². The van der Waals surface area contributed by atoms with Gasteiger partial charge >= 0.3 is 12.6 Å². The van der Waals surface area contributed by atoms with Crippen LogP contribution in [0.3, 0.4) is 0 Å². The maximum absolute atomic E-state index is 12.3. The Hall–Kier alpha value is -1.69. The lowest BCUT2D eigenvalue weighted by molar-refractivity contribution is -0.140. The third kappa shape index (κ3) is 5.60. The molecule has 0 spiro atoms. The van der Waals surface area contributed by atoms with E-state index in [2.05, 4.69) is 10.1 Å². The molecule has 0 bridgehead atoms. The van der Waals surface area contributed by atoms with Crippen LogP contribution in [-0.4, -0.2) is 23.7 Å². The van der Waals surface area contributed by atoms with Gasteiger partial charge in [0.25, 0.3) is 0 Å². The highest BCUT2D eigenvalue weighted by molar-refractivity contribution is 5.73. The van der Waals surface area contributed by atoms with Crippen LogP contribution in [0, 0.1) is 19.8 Å². The van der Waals surface area contributed by atoms with Crippen LogP contribution in [0.4, 0.5) is 8.78 Å². The summed E-state index contributed by atoms with van der Waals surface area (Å²) in [6.45, 7) is 4.81. The van der Waals surface area contributed by atoms with Gasteiger partial charge < -0.3 is 15.2 Å². The van der Waals surface area contributed by atoms with Crippen molar-refractivity contribution in [3.05, 3.63) is 28.8 Å². The largest absolute Gasteiger partial charge is 0.480 e. The van der Waals surface area contributed by atoms with E-state index in [1.807, 2.05) is 13.8 Å². The van der Waals surface area contributed by atoms with Gasteiger partial charge in [0.15, 0.2) is 0 Å². The van der Waals surface area contributed by atoms with Gasteiger partial charge in [-0.05, 0) is 42.9 Å². The van der Waals surface area contributed by atoms with E-state index < -0.39 is 18.6 Å². The molecule has 6 heteroatoms. The van der Waals surface area contributed by atoms with Crippen LogP contribution in [0.5, 0.6) is 5.75 Å². The number of carbonyl (C=O) groups is 1. The maximum Gasteiger partial charge on any atom is 0.387 e. The van der Waals surface area contributed by atoms with Crippen molar-refractivity contribution < 1.29 is 23.4 Å². The summed E-state index contributed by atoms with van der Waals surface area (Å²) < 4.78 is 29.2. The fourth-order valence-electron chi connectivity index (χ4n) is 2.40. The number of rotatable bonds is 8. The van der Waals surface area contributed by atoms with Crippen molar-refractivity contribution in [2.45, 2.75) is 53.3 Å². The van der Waals surface area contributed by atoms with Crippen molar-refractivity contribution >= 4 is 5.97 Å². The molecule has 2 N–H and O–H groups in total. The minimum Gasteiger partial charge on any atom is -0.480 e. The first-order chi connectivity index (χ1) is 10.2. The number of alkyl halides is 2. The smallest absolute Gasteiger partial charge is 0.387 e. The molecule has 22 heavy (non-hydrogen) atoms. The van der Waals surface area contributed by atoms with Gasteiger partial charge in [-0.1, -0.05) is 26.0 Å². The van der Waals surface area contributed by atoms with Crippen LogP contribution in [0.1, 0.15) is 37.0 Å². The van der Waals surface area contributed by atoms with Crippen LogP contribution >= 0.6 is 0 Å². The topological polar surface area (TPSA) is 58.6 Å². The normalized spacial score (nSPS) is 12.7. The standard InChI is InChI=1S/C16H23F2NO3/c1-9(2)5-13(15(20)21)19-8-12-6-10(3)14(11(4)7-12)22-16(17)18/h6-7,9,13,16,19H,5,8H2,1-4H3,(H,20,21). The number of carboxylic acid groups (broad SMARTS) is 1. The second-order valence-electron chi connectivity index (χ2n) is 5.84. The predicted octanol–water partition coefficient (Wildman–Crippen LogP) is 3.49. The highest BCUT2D eigenvalue weighted by Crippen LogP contribution is 2.26. The molecule has 0 amide bonds. The quantitative estimate of drug-likeness (QED) is 0.771. The van der Waals surface area contributed by atoms with E-state index in [0.717, 1.165) is 5.56 Å². The number of ether oxygens (including phenoxy) is 1. The molecule has 124 valence electrons. The molecule has 0 aliphatic heterocycles. The molecule has 0 aliphatic rings. The SMILES string of the molecule is Cc1cc(CNC(CC(C)C)C(=O)O)cc(C)c1OC(F)F. The average Bonchev–Trinajstić information content (AvgIpc) is 2.37. The van der Waals surface area contributed by atoms with E-state index in [1.165, 1.54) is 0 Å². The number of nitrogens with one attached hydrogen (secondary N) is 1. The van der Waals surface area contributed by atoms with E-state index in [4.69, 9.17) is 0 Å². The first-order valence-corrected chi connectivity index (χ1v) is 7.21. The summed E-state index contributed by atoms with van der Waals surface area (Å²) in [5.74, 6) is -0.450. The number of hydrogen-bond donors (Lipinski definition) is 2. The first-order valence-electron chi connectivity index (χ1n) is 7.21. The van der Waals surface area contributed by atoms with Crippen molar-refractivity contribution in [1.82, 2.24) is 5.32 Å². The van der Waals surface area contributed by atoms with Gasteiger partial charge in [-0.25, -0.2) is 0 Å². The number of carboxylic acids is 1. The Balaban J connectivity index is 2.80. The van der Waals surface area contributed by atoms with Crippen molar-refractivity contribution in [2.24, 2.45) is 5.92 Å². The third-order valence-corrected chi connectivity index (χ3v) is 3.28. The molecular formula is C16H23F2NO3. The Kier molecular flexibility index (Phi) is 6.74. The molecule has 4 nitrogen and oxygen atoms in total. The summed E-state index contributed by atoms with van der Waals surface area (Å²) in [5, 5.41) is 12.2. The number of benzene rings is 1. The molecule has 1 rings (SSSR count). The molecule has 0 heterocycles. The Morgan fingerprint density at radius 1 is 1.27 bits per heavy atom. The summed E-state index contributed by atoms with van der Waals surface area (Å²) in [4.78, 5) is 11.2. The molecule has 1 aromatic carbocycles. The van der Waals surface area contributed by atoms with Crippen molar-refractivity contribution in [2.75, 3.05) is 0 Å². The summed E-state index contributed by atoms with van der Waals surface area (Å²) in [5.41, 5.74) is 2.05. The van der Waals surface area contributed by atoms with E-state index >= 15 is 0 Å². The molecule has 0 fully saturated rings. The zero-order valence-corrected chi connectivity index (χ0v) is 13.3. The summed E-state index contributed by atoms with van der Waals surface area (Å²) in [6.07, 6.45) is 0.528. The van der Waals surface area contributed by atoms with Gasteiger partial charge in [-0.2, -0.15) is 8.78 Å². The van der Waals surface area contributed by atoms with Gasteiger partial charge in [0.1, 0.15) is 11.8 Å². The molecular weight excluding hydrogens is 292 g/mol. The van der Waals surface area contributed by atoms with Crippen LogP contribution in [0.15, 0.2) is 12.1 Å². The number of hydrogen-bond acceptors (Lipinski definition) is 3. The molecule has 0 saturated heterocycles. The monoisotopic (exact) mass is 315 g/mol. The van der Waals surface area contributed by atoms with Crippen LogP contribution in [0.25, 0.3) is 0 Å². The molecule has 0 saturated carbocycles. The van der Waals surface area contributed by atoms with E-state index in [-0.39, 0.29) is 11.7 Å². The lowest BCUT2D eigenvalue weighted by atomic mass is 10.0. The number of aliphatic carboxylic acids is 1. The fraction of sp³-hybridized carbons (Fsp3) is 0.562. The lowest BCUT2D eigenvalue weighted by Crippen LogP contribution is -2.37. The van der Waals surface area contributed by atoms with Crippen molar-refractivity contribution in [3.8, 4) is 5.75 Å². The van der Waals surface area contributed by atoms with E-state index in [0.29, 0.717) is 24.1 Å². The maximum atomic E-state index is 12.3. The van der Waals surface area contributed by atoms with Crippen molar-refractivity contribution in [3.63, 3.8) is 0 Å². The molecule has 1 aromatic rings. The predicted molar refractivity (Wildman–Crippen MR) is 80.3 cm³/mol. The molecule has 0 radical (unpaired) electrons.